The number of benzene rings is 2. The number of pyridine rings is 1. The lowest BCUT2D eigenvalue weighted by molar-refractivity contribution is -0.117. The normalized spacial score (nSPS) is 15.3. The van der Waals surface area contributed by atoms with E-state index in [0.29, 0.717) is 28.7 Å². The maximum Gasteiger partial charge on any atom is 0.257 e. The molecule has 0 radical (unpaired) electrons. The van der Waals surface area contributed by atoms with Crippen molar-refractivity contribution in [3.8, 4) is 11.4 Å². The first kappa shape index (κ1) is 24.9. The highest BCUT2D eigenvalue weighted by atomic mass is 16.5. The Morgan fingerprint density at radius 2 is 1.90 bits per heavy atom. The van der Waals surface area contributed by atoms with E-state index in [1.54, 1.807) is 30.0 Å². The number of aromatic nitrogens is 3. The second kappa shape index (κ2) is 10.4. The van der Waals surface area contributed by atoms with Crippen molar-refractivity contribution in [2.45, 2.75) is 19.8 Å². The van der Waals surface area contributed by atoms with Crippen LogP contribution in [0.4, 0.5) is 23.0 Å². The molecule has 39 heavy (non-hydrogen) atoms. The highest BCUT2D eigenvalue weighted by molar-refractivity contribution is 5.94. The molecule has 10 nitrogen and oxygen atoms in total. The number of piperazine rings is 1. The Labute approximate surface area is 226 Å². The third-order valence-electron chi connectivity index (χ3n) is 7.20. The quantitative estimate of drug-likeness (QED) is 0.336. The zero-order chi connectivity index (χ0) is 26.9. The van der Waals surface area contributed by atoms with Crippen LogP contribution in [0.15, 0.2) is 59.5 Å². The molecule has 3 heterocycles. The molecule has 1 amide bonds. The molecule has 0 unspecified atom stereocenters. The summed E-state index contributed by atoms with van der Waals surface area (Å²) in [4.78, 5) is 37.1. The number of fused-ring (bicyclic) bond motifs is 1. The number of anilines is 4. The fraction of sp³-hybridized carbons (Fsp3) is 0.310. The SMILES string of the molecule is COc1cc(N2CCNCC2)ccc1Nc1ncc2c(C)cc(=O)n(-c3cccc(NC(=O)C4CC4)c3)c2n1. The molecule has 2 aromatic carbocycles. The average molecular weight is 526 g/mol. The Bertz CT molecular complexity index is 1610. The minimum Gasteiger partial charge on any atom is -0.494 e. The highest BCUT2D eigenvalue weighted by Gasteiger charge is 2.29. The summed E-state index contributed by atoms with van der Waals surface area (Å²) in [5, 5.41) is 10.4. The molecule has 1 aliphatic heterocycles. The number of nitrogens with one attached hydrogen (secondary N) is 3. The smallest absolute Gasteiger partial charge is 0.257 e. The van der Waals surface area contributed by atoms with E-state index in [2.05, 4.69) is 31.9 Å². The van der Waals surface area contributed by atoms with Gasteiger partial charge in [-0.15, -0.1) is 0 Å². The van der Waals surface area contributed by atoms with Crippen LogP contribution in [0, 0.1) is 12.8 Å². The first-order chi connectivity index (χ1) is 19.0. The van der Waals surface area contributed by atoms with Gasteiger partial charge in [0, 0.05) is 67.2 Å². The van der Waals surface area contributed by atoms with E-state index in [1.807, 2.05) is 37.3 Å². The second-order valence-electron chi connectivity index (χ2n) is 9.99. The van der Waals surface area contributed by atoms with E-state index in [9.17, 15) is 9.59 Å². The van der Waals surface area contributed by atoms with Gasteiger partial charge in [0.05, 0.1) is 18.5 Å². The molecular weight excluding hydrogens is 494 g/mol. The van der Waals surface area contributed by atoms with E-state index in [1.165, 1.54) is 0 Å². The Kier molecular flexibility index (Phi) is 6.62. The molecule has 200 valence electrons. The Morgan fingerprint density at radius 1 is 1.08 bits per heavy atom. The molecule has 0 bridgehead atoms. The lowest BCUT2D eigenvalue weighted by Crippen LogP contribution is -2.43. The van der Waals surface area contributed by atoms with Gasteiger partial charge in [-0.3, -0.25) is 14.2 Å². The maximum atomic E-state index is 13.2. The van der Waals surface area contributed by atoms with E-state index in [0.717, 1.165) is 61.3 Å². The van der Waals surface area contributed by atoms with Gasteiger partial charge in [-0.2, -0.15) is 4.98 Å². The predicted octanol–water partition coefficient (Wildman–Crippen LogP) is 3.60. The Hall–Kier alpha value is -4.44. The van der Waals surface area contributed by atoms with Crippen LogP contribution in [0.5, 0.6) is 5.75 Å². The molecule has 3 N–H and O–H groups in total. The van der Waals surface area contributed by atoms with E-state index in [-0.39, 0.29) is 17.4 Å². The third-order valence-corrected chi connectivity index (χ3v) is 7.20. The number of aryl methyl sites for hydroxylation is 1. The maximum absolute atomic E-state index is 13.2. The van der Waals surface area contributed by atoms with E-state index in [4.69, 9.17) is 9.72 Å². The molecule has 2 aliphatic rings. The summed E-state index contributed by atoms with van der Waals surface area (Å²) in [6.45, 7) is 5.64. The number of ether oxygens (including phenoxy) is 1. The standard InChI is InChI=1S/C29H31N7O3/c1-18-14-26(37)36(22-5-3-4-20(15-22)32-28(38)19-6-7-19)27-23(18)17-31-29(34-27)33-24-9-8-21(16-25(24)39-2)35-12-10-30-11-13-35/h3-5,8-9,14-17,19,30H,6-7,10-13H2,1-2H3,(H,32,38)(H,31,33,34). The van der Waals surface area contributed by atoms with Crippen LogP contribution in [0.25, 0.3) is 16.7 Å². The number of methoxy groups -OCH3 is 1. The number of nitrogens with zero attached hydrogens (tertiary/aromatic N) is 4. The number of carbonyl (C=O) groups excluding carboxylic acids is 1. The lowest BCUT2D eigenvalue weighted by Gasteiger charge is -2.30. The van der Waals surface area contributed by atoms with Crippen molar-refractivity contribution in [2.75, 3.05) is 48.8 Å². The molecule has 4 aromatic rings. The molecular formula is C29H31N7O3. The zero-order valence-electron chi connectivity index (χ0n) is 22.0. The van der Waals surface area contributed by atoms with Crippen LogP contribution in [-0.2, 0) is 4.79 Å². The fourth-order valence-corrected chi connectivity index (χ4v) is 4.90. The molecule has 1 saturated carbocycles. The minimum atomic E-state index is -0.215. The summed E-state index contributed by atoms with van der Waals surface area (Å²) in [5.41, 5.74) is 4.12. The molecule has 0 spiro atoms. The summed E-state index contributed by atoms with van der Waals surface area (Å²) in [5.74, 6) is 1.11. The van der Waals surface area contributed by atoms with Gasteiger partial charge in [-0.25, -0.2) is 4.98 Å². The van der Waals surface area contributed by atoms with Crippen molar-refractivity contribution in [1.29, 1.82) is 0 Å². The van der Waals surface area contributed by atoms with Crippen LogP contribution >= 0.6 is 0 Å². The number of hydrogen-bond acceptors (Lipinski definition) is 8. The van der Waals surface area contributed by atoms with Gasteiger partial charge in [0.2, 0.25) is 11.9 Å². The van der Waals surface area contributed by atoms with Crippen LogP contribution in [-0.4, -0.2) is 53.7 Å². The van der Waals surface area contributed by atoms with Gasteiger partial charge < -0.3 is 25.6 Å². The number of amides is 1. The minimum absolute atomic E-state index is 0.0130. The molecule has 6 rings (SSSR count). The topological polar surface area (TPSA) is 113 Å². The van der Waals surface area contributed by atoms with Gasteiger partial charge in [-0.1, -0.05) is 6.07 Å². The number of rotatable bonds is 7. The molecule has 2 aromatic heterocycles. The van der Waals surface area contributed by atoms with Crippen LogP contribution < -0.4 is 31.1 Å². The van der Waals surface area contributed by atoms with Crippen molar-refractivity contribution in [2.24, 2.45) is 5.92 Å². The summed E-state index contributed by atoms with van der Waals surface area (Å²) >= 11 is 0. The molecule has 2 fully saturated rings. The predicted molar refractivity (Wildman–Crippen MR) is 153 cm³/mol. The third kappa shape index (κ3) is 5.15. The van der Waals surface area contributed by atoms with Gasteiger partial charge in [0.1, 0.15) is 5.75 Å². The van der Waals surface area contributed by atoms with Crippen molar-refractivity contribution < 1.29 is 9.53 Å². The molecule has 1 saturated heterocycles. The number of hydrogen-bond donors (Lipinski definition) is 3. The Balaban J connectivity index is 1.35. The van der Waals surface area contributed by atoms with Gasteiger partial charge in [0.15, 0.2) is 5.65 Å². The molecule has 10 heteroatoms. The summed E-state index contributed by atoms with van der Waals surface area (Å²) in [7, 11) is 1.64. The van der Waals surface area contributed by atoms with Gasteiger partial charge in [0.25, 0.3) is 5.56 Å². The van der Waals surface area contributed by atoms with Gasteiger partial charge >= 0.3 is 0 Å². The average Bonchev–Trinajstić information content (AvgIpc) is 3.80. The Morgan fingerprint density at radius 3 is 2.67 bits per heavy atom. The van der Waals surface area contributed by atoms with Gasteiger partial charge in [-0.05, 0) is 55.7 Å². The first-order valence-corrected chi connectivity index (χ1v) is 13.2. The van der Waals surface area contributed by atoms with Crippen molar-refractivity contribution in [3.63, 3.8) is 0 Å². The lowest BCUT2D eigenvalue weighted by atomic mass is 10.2. The van der Waals surface area contributed by atoms with Crippen LogP contribution in [0.2, 0.25) is 0 Å². The van der Waals surface area contributed by atoms with Crippen LogP contribution in [0.3, 0.4) is 0 Å². The van der Waals surface area contributed by atoms with Crippen molar-refractivity contribution >= 4 is 40.0 Å². The van der Waals surface area contributed by atoms with E-state index < -0.39 is 0 Å². The number of carbonyl (C=O) groups is 1. The zero-order valence-corrected chi connectivity index (χ0v) is 22.0. The summed E-state index contributed by atoms with van der Waals surface area (Å²) in [6, 6.07) is 14.9. The van der Waals surface area contributed by atoms with Crippen molar-refractivity contribution in [3.05, 3.63) is 70.6 Å². The molecule has 0 atom stereocenters. The van der Waals surface area contributed by atoms with Crippen LogP contribution in [0.1, 0.15) is 18.4 Å². The highest BCUT2D eigenvalue weighted by Crippen LogP contribution is 2.33. The largest absolute Gasteiger partial charge is 0.494 e. The monoisotopic (exact) mass is 525 g/mol. The summed E-state index contributed by atoms with van der Waals surface area (Å²) in [6.07, 6.45) is 3.56. The fourth-order valence-electron chi connectivity index (χ4n) is 4.90. The molecule has 1 aliphatic carbocycles. The van der Waals surface area contributed by atoms with E-state index >= 15 is 0 Å². The summed E-state index contributed by atoms with van der Waals surface area (Å²) < 4.78 is 7.23. The van der Waals surface area contributed by atoms with Crippen molar-refractivity contribution in [1.82, 2.24) is 19.9 Å². The second-order valence-corrected chi connectivity index (χ2v) is 9.99. The first-order valence-electron chi connectivity index (χ1n) is 13.2.